The molecule has 1 rings (SSSR count). The number of carbonyl (C=O) groups is 11. The Hall–Kier alpha value is -6.25. The van der Waals surface area contributed by atoms with Gasteiger partial charge in [0.15, 0.2) is 6.29 Å². The number of allylic oxidation sites excluding steroid dienone is 2. The van der Waals surface area contributed by atoms with Crippen molar-refractivity contribution in [1.29, 1.82) is 0 Å². The van der Waals surface area contributed by atoms with Gasteiger partial charge in [0.1, 0.15) is 60.4 Å². The van der Waals surface area contributed by atoms with E-state index < -0.39 is 168 Å². The van der Waals surface area contributed by atoms with E-state index in [-0.39, 0.29) is 50.0 Å². The van der Waals surface area contributed by atoms with Crippen LogP contribution in [0.5, 0.6) is 0 Å². The minimum Gasteiger partial charge on any atom is -0.390 e. The van der Waals surface area contributed by atoms with Crippen LogP contribution in [0.1, 0.15) is 170 Å². The number of amides is 11. The Labute approximate surface area is 562 Å². The SMILES string of the molecule is C/C=C/C[C@@H](C)[C@@H](O)[C@H]1C(=O)N[C@@H](CC)C(=O)N(C)CC(=O)N(C)[C@@H]([C@@H](C)OCCCC(OCC)OCC)C(=O)N[C@@H](C(C)C)C(=O)N(C)[C@H](CC(C)C)C(=O)N[C@@H](C)C(=O)N[C@@H](C)C(=O)N(C)[C@@H](CC(C)C)C(=O)N(C)[C@H](CC(C)C)C(=O)N(C)[C@@H](C(C)C)C(=O)N1C. The second-order valence-electron chi connectivity index (χ2n) is 27.5. The van der Waals surface area contributed by atoms with E-state index in [1.54, 1.807) is 67.5 Å². The van der Waals surface area contributed by atoms with Crippen molar-refractivity contribution in [3.05, 3.63) is 12.2 Å². The van der Waals surface area contributed by atoms with Crippen molar-refractivity contribution < 1.29 is 72.1 Å². The summed E-state index contributed by atoms with van der Waals surface area (Å²) in [6.45, 7) is 31.6. The van der Waals surface area contributed by atoms with E-state index in [2.05, 4.69) is 21.3 Å². The minimum atomic E-state index is -1.64. The summed E-state index contributed by atoms with van der Waals surface area (Å²) < 4.78 is 17.7. The molecule has 0 bridgehead atoms. The molecule has 13 atom stereocenters. The van der Waals surface area contributed by atoms with Crippen molar-refractivity contribution in [1.82, 2.24) is 55.6 Å². The molecule has 26 heteroatoms. The molecule has 0 aromatic carbocycles. The lowest BCUT2D eigenvalue weighted by atomic mass is 9.91. The summed E-state index contributed by atoms with van der Waals surface area (Å²) in [6.07, 6.45) is 2.06. The van der Waals surface area contributed by atoms with Gasteiger partial charge in [0.2, 0.25) is 65.0 Å². The number of hydrogen-bond acceptors (Lipinski definition) is 15. The highest BCUT2D eigenvalue weighted by Gasteiger charge is 2.46. The Kier molecular flexibility index (Phi) is 37.4. The van der Waals surface area contributed by atoms with Gasteiger partial charge < -0.3 is 74.9 Å². The number of hydrogen-bond donors (Lipinski definition) is 5. The van der Waals surface area contributed by atoms with E-state index >= 15 is 14.4 Å². The maximum absolute atomic E-state index is 15.2. The van der Waals surface area contributed by atoms with Gasteiger partial charge >= 0.3 is 0 Å². The fraction of sp³-hybridized carbons (Fsp3) is 0.809. The Balaban J connectivity index is 4.40. The molecule has 1 aliphatic rings. The zero-order valence-electron chi connectivity index (χ0n) is 61.7. The van der Waals surface area contributed by atoms with Crippen molar-refractivity contribution in [3.63, 3.8) is 0 Å². The van der Waals surface area contributed by atoms with Gasteiger partial charge in [0.25, 0.3) is 0 Å². The zero-order valence-corrected chi connectivity index (χ0v) is 61.7. The van der Waals surface area contributed by atoms with Gasteiger partial charge in [-0.15, -0.1) is 0 Å². The van der Waals surface area contributed by atoms with Crippen LogP contribution >= 0.6 is 0 Å². The lowest BCUT2D eigenvalue weighted by molar-refractivity contribution is -0.157. The van der Waals surface area contributed by atoms with E-state index in [9.17, 15) is 43.5 Å². The summed E-state index contributed by atoms with van der Waals surface area (Å²) >= 11 is 0. The molecule has 0 aromatic rings. The Morgan fingerprint density at radius 2 is 0.968 bits per heavy atom. The summed E-state index contributed by atoms with van der Waals surface area (Å²) in [4.78, 5) is 171. The summed E-state index contributed by atoms with van der Waals surface area (Å²) in [5, 5.41) is 23.2. The van der Waals surface area contributed by atoms with E-state index in [0.717, 1.165) is 14.7 Å². The van der Waals surface area contributed by atoms with E-state index in [0.29, 0.717) is 32.5 Å². The number of ether oxygens (including phenoxy) is 3. The van der Waals surface area contributed by atoms with Gasteiger partial charge in [0.05, 0.1) is 18.8 Å². The van der Waals surface area contributed by atoms with Crippen molar-refractivity contribution in [2.24, 2.45) is 35.5 Å². The quantitative estimate of drug-likeness (QED) is 0.0552. The molecule has 11 amide bonds. The second-order valence-corrected chi connectivity index (χ2v) is 27.5. The Morgan fingerprint density at radius 3 is 1.45 bits per heavy atom. The summed E-state index contributed by atoms with van der Waals surface area (Å²) in [5.41, 5.74) is 0. The van der Waals surface area contributed by atoms with Gasteiger partial charge in [-0.25, -0.2) is 0 Å². The molecule has 540 valence electrons. The monoisotopic (exact) mass is 1330 g/mol. The fourth-order valence-corrected chi connectivity index (χ4v) is 11.7. The molecular weight excluding hydrogens is 1210 g/mol. The number of aliphatic hydroxyl groups excluding tert-OH is 1. The number of carbonyl (C=O) groups excluding carboxylic acids is 11. The average Bonchev–Trinajstić information content (AvgIpc) is 0.825. The lowest BCUT2D eigenvalue weighted by Gasteiger charge is -2.41. The number of nitrogens with one attached hydrogen (secondary N) is 4. The first kappa shape index (κ1) is 85.8. The standard InChI is InChI=1S/C68H123N11O15/c1-26-30-32-44(15)58(81)57-62(85)71-48(27-2)64(87)73(19)38-52(80)77(23)56(47(18)94-34-31-33-53(92-28-3)93-29-4)61(84)72-54(42(11)12)67(90)74(20)49(35-39(5)6)60(83)69-45(16)59(82)70-46(17)63(86)75(21)50(36-40(7)8)65(88)76(22)51(37-41(9)10)66(89)78(24)55(43(13)14)68(91)79(57)25/h26,30,39-51,53-58,81H,27-29,31-38H2,1-25H3,(H,69,83)(H,70,82)(H,71,85)(H,72,84)/b30-26+/t44-,45+,46+,47-,48+,49-,50+,51-,54+,55+,56+,57+,58-/m1/s1. The highest BCUT2D eigenvalue weighted by Crippen LogP contribution is 2.26. The van der Waals surface area contributed by atoms with Gasteiger partial charge in [-0.2, -0.15) is 0 Å². The van der Waals surface area contributed by atoms with E-state index in [1.807, 2.05) is 55.4 Å². The topological polar surface area (TPSA) is 306 Å². The molecule has 26 nitrogen and oxygen atoms in total. The van der Waals surface area contributed by atoms with Crippen molar-refractivity contribution in [2.45, 2.75) is 248 Å². The third kappa shape index (κ3) is 25.1. The molecule has 0 aliphatic carbocycles. The normalized spacial score (nSPS) is 25.8. The number of aliphatic hydroxyl groups is 1. The Morgan fingerprint density at radius 1 is 0.500 bits per heavy atom. The van der Waals surface area contributed by atoms with Crippen LogP contribution in [-0.2, 0) is 67.0 Å². The molecule has 0 saturated carbocycles. The predicted octanol–water partition coefficient (Wildman–Crippen LogP) is 3.81. The highest BCUT2D eigenvalue weighted by molar-refractivity contribution is 5.99. The maximum atomic E-state index is 15.2. The average molecular weight is 1330 g/mol. The minimum absolute atomic E-state index is 0.0139. The van der Waals surface area contributed by atoms with Crippen LogP contribution in [0.25, 0.3) is 0 Å². The van der Waals surface area contributed by atoms with Crippen LogP contribution in [0, 0.1) is 35.5 Å². The molecule has 0 aromatic heterocycles. The van der Waals surface area contributed by atoms with Crippen molar-refractivity contribution >= 4 is 65.0 Å². The smallest absolute Gasteiger partial charge is 0.246 e. The predicted molar refractivity (Wildman–Crippen MR) is 361 cm³/mol. The van der Waals surface area contributed by atoms with E-state index in [4.69, 9.17) is 14.2 Å². The summed E-state index contributed by atoms with van der Waals surface area (Å²) in [5.74, 6) is -10.2. The van der Waals surface area contributed by atoms with Gasteiger partial charge in [-0.05, 0) is 116 Å². The first-order valence-electron chi connectivity index (χ1n) is 33.9. The maximum Gasteiger partial charge on any atom is 0.246 e. The molecule has 1 heterocycles. The van der Waals surface area contributed by atoms with Crippen LogP contribution in [0.4, 0.5) is 0 Å². The van der Waals surface area contributed by atoms with Crippen LogP contribution in [0.2, 0.25) is 0 Å². The van der Waals surface area contributed by atoms with Gasteiger partial charge in [-0.1, -0.05) is 95.2 Å². The van der Waals surface area contributed by atoms with Gasteiger partial charge in [-0.3, -0.25) is 52.7 Å². The molecule has 1 saturated heterocycles. The third-order valence-electron chi connectivity index (χ3n) is 17.4. The van der Waals surface area contributed by atoms with Crippen LogP contribution in [0.15, 0.2) is 12.2 Å². The molecule has 1 aliphatic heterocycles. The second kappa shape index (κ2) is 41.0. The number of nitrogens with zero attached hydrogens (tertiary/aromatic N) is 7. The molecular formula is C68H123N11O15. The summed E-state index contributed by atoms with van der Waals surface area (Å²) in [7, 11) is 9.79. The highest BCUT2D eigenvalue weighted by atomic mass is 16.7. The molecule has 0 spiro atoms. The molecule has 1 fully saturated rings. The van der Waals surface area contributed by atoms with Crippen molar-refractivity contribution in [3.8, 4) is 0 Å². The van der Waals surface area contributed by atoms with Crippen LogP contribution in [-0.4, -0.2) is 259 Å². The largest absolute Gasteiger partial charge is 0.390 e. The number of likely N-dealkylation sites (N-methyl/N-ethyl adjacent to an activating group) is 7. The molecule has 0 unspecified atom stereocenters. The van der Waals surface area contributed by atoms with Crippen LogP contribution < -0.4 is 21.3 Å². The van der Waals surface area contributed by atoms with Crippen molar-refractivity contribution in [2.75, 3.05) is 75.7 Å². The first-order chi connectivity index (χ1) is 43.7. The fourth-order valence-electron chi connectivity index (χ4n) is 11.7. The zero-order chi connectivity index (χ0) is 72.5. The molecule has 94 heavy (non-hydrogen) atoms. The lowest BCUT2D eigenvalue weighted by Crippen LogP contribution is -2.63. The Bertz CT molecular complexity index is 2510. The van der Waals surface area contributed by atoms with Crippen LogP contribution in [0.3, 0.4) is 0 Å². The number of rotatable bonds is 23. The van der Waals surface area contributed by atoms with E-state index in [1.165, 1.54) is 82.8 Å². The molecule has 5 N–H and O–H groups in total. The third-order valence-corrected chi connectivity index (χ3v) is 17.4. The first-order valence-corrected chi connectivity index (χ1v) is 33.9. The molecule has 0 radical (unpaired) electrons. The summed E-state index contributed by atoms with van der Waals surface area (Å²) in [6, 6.07) is -13.0. The van der Waals surface area contributed by atoms with Gasteiger partial charge in [0, 0.05) is 75.6 Å².